The molecule has 0 aromatic heterocycles. The molecule has 0 radical (unpaired) electrons. The molecule has 0 spiro atoms. The van der Waals surface area contributed by atoms with Crippen LogP contribution in [0.25, 0.3) is 0 Å². The highest BCUT2D eigenvalue weighted by atomic mass is 16.5. The van der Waals surface area contributed by atoms with Crippen LogP contribution >= 0.6 is 0 Å². The predicted molar refractivity (Wildman–Crippen MR) is 58.3 cm³/mol. The summed E-state index contributed by atoms with van der Waals surface area (Å²) in [4.78, 5) is 0. The van der Waals surface area contributed by atoms with E-state index in [9.17, 15) is 5.11 Å². The molecule has 1 aliphatic rings. The van der Waals surface area contributed by atoms with Gasteiger partial charge in [-0.2, -0.15) is 0 Å². The number of hydrogen-bond acceptors (Lipinski definition) is 2. The summed E-state index contributed by atoms with van der Waals surface area (Å²) >= 11 is 0. The fourth-order valence-corrected chi connectivity index (χ4v) is 1.67. The van der Waals surface area contributed by atoms with Crippen LogP contribution in [0.4, 0.5) is 0 Å². The number of hydrogen-bond donors (Lipinski definition) is 1. The van der Waals surface area contributed by atoms with Gasteiger partial charge in [0.1, 0.15) is 0 Å². The summed E-state index contributed by atoms with van der Waals surface area (Å²) in [6.45, 7) is 3.65. The second kappa shape index (κ2) is 5.01. The first-order valence-electron chi connectivity index (χ1n) is 4.96. The lowest BCUT2D eigenvalue weighted by atomic mass is 9.95. The third kappa shape index (κ3) is 2.48. The van der Waals surface area contributed by atoms with Crippen molar-refractivity contribution in [1.29, 1.82) is 0 Å². The average Bonchev–Trinajstić information content (AvgIpc) is 2.19. The molecule has 0 aliphatic heterocycles. The Hall–Kier alpha value is -1.02. The number of allylic oxidation sites excluding steroid dienone is 4. The highest BCUT2D eigenvalue weighted by Gasteiger charge is 2.15. The average molecular weight is 194 g/mol. The van der Waals surface area contributed by atoms with Crippen LogP contribution in [-0.2, 0) is 4.74 Å². The van der Waals surface area contributed by atoms with Crippen molar-refractivity contribution in [3.05, 3.63) is 35.1 Å². The van der Waals surface area contributed by atoms with Crippen LogP contribution in [0.5, 0.6) is 0 Å². The molecule has 2 heteroatoms. The molecule has 1 unspecified atom stereocenters. The Morgan fingerprint density at radius 2 is 2.21 bits per heavy atom. The standard InChI is InChI=1S/C12H18O2/c1-9(13)12(10(2)14-3)11-7-5-4-6-8-11/h5,7-8,10,13H,4,6H2,1-3H3/b12-9+. The van der Waals surface area contributed by atoms with Gasteiger partial charge < -0.3 is 9.84 Å². The van der Waals surface area contributed by atoms with Gasteiger partial charge in [-0.1, -0.05) is 18.2 Å². The lowest BCUT2D eigenvalue weighted by Crippen LogP contribution is -2.13. The quantitative estimate of drug-likeness (QED) is 0.699. The Balaban J connectivity index is 2.95. The van der Waals surface area contributed by atoms with Crippen LogP contribution in [0.15, 0.2) is 35.1 Å². The molecule has 0 fully saturated rings. The second-order valence-electron chi connectivity index (χ2n) is 3.52. The molecular formula is C12H18O2. The van der Waals surface area contributed by atoms with Crippen LogP contribution in [-0.4, -0.2) is 18.3 Å². The maximum Gasteiger partial charge on any atom is 0.0955 e. The van der Waals surface area contributed by atoms with Crippen molar-refractivity contribution >= 4 is 0 Å². The Morgan fingerprint density at radius 1 is 1.50 bits per heavy atom. The summed E-state index contributed by atoms with van der Waals surface area (Å²) in [5.41, 5.74) is 1.98. The van der Waals surface area contributed by atoms with E-state index in [4.69, 9.17) is 4.74 Å². The van der Waals surface area contributed by atoms with E-state index in [1.54, 1.807) is 14.0 Å². The number of rotatable bonds is 3. The van der Waals surface area contributed by atoms with Crippen molar-refractivity contribution < 1.29 is 9.84 Å². The Labute approximate surface area is 85.6 Å². The molecule has 0 saturated carbocycles. The number of aliphatic hydroxyl groups excluding tert-OH is 1. The van der Waals surface area contributed by atoms with E-state index in [1.807, 2.05) is 13.0 Å². The smallest absolute Gasteiger partial charge is 0.0955 e. The second-order valence-corrected chi connectivity index (χ2v) is 3.52. The Bertz CT molecular complexity index is 281. The Morgan fingerprint density at radius 3 is 2.64 bits per heavy atom. The molecule has 1 atom stereocenters. The van der Waals surface area contributed by atoms with E-state index in [2.05, 4.69) is 12.2 Å². The van der Waals surface area contributed by atoms with Crippen LogP contribution in [0.1, 0.15) is 26.7 Å². The Kier molecular flexibility index (Phi) is 3.96. The minimum absolute atomic E-state index is 0.0611. The summed E-state index contributed by atoms with van der Waals surface area (Å²) in [6, 6.07) is 0. The van der Waals surface area contributed by atoms with E-state index in [1.165, 1.54) is 0 Å². The summed E-state index contributed by atoms with van der Waals surface area (Å²) in [5, 5.41) is 9.59. The lowest BCUT2D eigenvalue weighted by Gasteiger charge is -2.18. The number of ether oxygens (including phenoxy) is 1. The van der Waals surface area contributed by atoms with E-state index in [0.717, 1.165) is 24.0 Å². The minimum atomic E-state index is -0.0611. The van der Waals surface area contributed by atoms with Crippen LogP contribution in [0, 0.1) is 0 Å². The van der Waals surface area contributed by atoms with Crippen molar-refractivity contribution in [2.75, 3.05) is 7.11 Å². The zero-order chi connectivity index (χ0) is 10.6. The molecule has 0 heterocycles. The van der Waals surface area contributed by atoms with Gasteiger partial charge in [0.2, 0.25) is 0 Å². The van der Waals surface area contributed by atoms with Crippen molar-refractivity contribution in [1.82, 2.24) is 0 Å². The fraction of sp³-hybridized carbons (Fsp3) is 0.500. The molecule has 1 rings (SSSR count). The van der Waals surface area contributed by atoms with Crippen molar-refractivity contribution in [2.45, 2.75) is 32.8 Å². The largest absolute Gasteiger partial charge is 0.512 e. The van der Waals surface area contributed by atoms with Crippen molar-refractivity contribution in [2.24, 2.45) is 0 Å². The molecule has 0 aromatic carbocycles. The summed E-state index contributed by atoms with van der Waals surface area (Å²) in [7, 11) is 1.65. The zero-order valence-electron chi connectivity index (χ0n) is 9.08. The van der Waals surface area contributed by atoms with Crippen molar-refractivity contribution in [3.8, 4) is 0 Å². The molecule has 1 N–H and O–H groups in total. The van der Waals surface area contributed by atoms with Crippen LogP contribution in [0.3, 0.4) is 0 Å². The lowest BCUT2D eigenvalue weighted by molar-refractivity contribution is 0.144. The third-order valence-electron chi connectivity index (χ3n) is 2.46. The number of methoxy groups -OCH3 is 1. The van der Waals surface area contributed by atoms with Crippen LogP contribution in [0.2, 0.25) is 0 Å². The first kappa shape index (κ1) is 11.1. The van der Waals surface area contributed by atoms with E-state index < -0.39 is 0 Å². The van der Waals surface area contributed by atoms with Crippen molar-refractivity contribution in [3.63, 3.8) is 0 Å². The van der Waals surface area contributed by atoms with Gasteiger partial charge in [-0.25, -0.2) is 0 Å². The summed E-state index contributed by atoms with van der Waals surface area (Å²) in [6.07, 6.45) is 8.38. The molecule has 0 amide bonds. The molecule has 0 aromatic rings. The monoisotopic (exact) mass is 194 g/mol. The van der Waals surface area contributed by atoms with E-state index in [0.29, 0.717) is 5.76 Å². The first-order valence-corrected chi connectivity index (χ1v) is 4.96. The number of aliphatic hydroxyl groups is 1. The molecule has 78 valence electrons. The minimum Gasteiger partial charge on any atom is -0.512 e. The summed E-state index contributed by atoms with van der Waals surface area (Å²) < 4.78 is 5.23. The van der Waals surface area contributed by atoms with Gasteiger partial charge in [0.05, 0.1) is 11.9 Å². The van der Waals surface area contributed by atoms with Gasteiger partial charge in [-0.05, 0) is 32.3 Å². The van der Waals surface area contributed by atoms with Gasteiger partial charge in [-0.3, -0.25) is 0 Å². The normalized spacial score (nSPS) is 20.1. The maximum atomic E-state index is 9.59. The highest BCUT2D eigenvalue weighted by molar-refractivity contribution is 5.44. The molecule has 1 aliphatic carbocycles. The van der Waals surface area contributed by atoms with Crippen LogP contribution < -0.4 is 0 Å². The molecule has 14 heavy (non-hydrogen) atoms. The van der Waals surface area contributed by atoms with Gasteiger partial charge in [0, 0.05) is 12.7 Å². The fourth-order valence-electron chi connectivity index (χ4n) is 1.67. The maximum absolute atomic E-state index is 9.59. The molecular weight excluding hydrogens is 176 g/mol. The molecule has 0 saturated heterocycles. The van der Waals surface area contributed by atoms with Gasteiger partial charge in [0.25, 0.3) is 0 Å². The summed E-state index contributed by atoms with van der Waals surface area (Å²) in [5.74, 6) is 0.345. The van der Waals surface area contributed by atoms with Gasteiger partial charge in [0.15, 0.2) is 0 Å². The van der Waals surface area contributed by atoms with Gasteiger partial charge in [-0.15, -0.1) is 0 Å². The zero-order valence-corrected chi connectivity index (χ0v) is 9.08. The SMILES string of the molecule is COC(C)/C(C1=CCCC=C1)=C(/C)O. The van der Waals surface area contributed by atoms with E-state index >= 15 is 0 Å². The van der Waals surface area contributed by atoms with E-state index in [-0.39, 0.29) is 6.10 Å². The third-order valence-corrected chi connectivity index (χ3v) is 2.46. The first-order chi connectivity index (χ1) is 6.66. The van der Waals surface area contributed by atoms with Gasteiger partial charge >= 0.3 is 0 Å². The predicted octanol–water partition coefficient (Wildman–Crippen LogP) is 3.13. The topological polar surface area (TPSA) is 29.5 Å². The molecule has 0 bridgehead atoms. The highest BCUT2D eigenvalue weighted by Crippen LogP contribution is 2.24. The molecule has 2 nitrogen and oxygen atoms in total.